The molecule has 3 N–H and O–H groups in total. The Morgan fingerprint density at radius 2 is 1.81 bits per heavy atom. The van der Waals surface area contributed by atoms with E-state index in [0.717, 1.165) is 17.0 Å². The fourth-order valence-electron chi connectivity index (χ4n) is 2.79. The Morgan fingerprint density at radius 1 is 1.19 bits per heavy atom. The molecular formula is C18H30N4O4. The van der Waals surface area contributed by atoms with Crippen LogP contribution >= 0.6 is 0 Å². The summed E-state index contributed by atoms with van der Waals surface area (Å²) in [6.45, 7) is 9.17. The van der Waals surface area contributed by atoms with Crippen LogP contribution in [0.25, 0.3) is 0 Å². The van der Waals surface area contributed by atoms with E-state index in [2.05, 4.69) is 15.7 Å². The van der Waals surface area contributed by atoms with Crippen molar-refractivity contribution in [1.29, 1.82) is 0 Å². The van der Waals surface area contributed by atoms with E-state index in [1.165, 1.54) is 0 Å². The van der Waals surface area contributed by atoms with Crippen LogP contribution in [0.15, 0.2) is 0 Å². The van der Waals surface area contributed by atoms with Crippen LogP contribution in [0.5, 0.6) is 0 Å². The molecule has 1 rings (SSSR count). The summed E-state index contributed by atoms with van der Waals surface area (Å²) in [7, 11) is 1.86. The summed E-state index contributed by atoms with van der Waals surface area (Å²) in [6, 6.07) is -0.947. The van der Waals surface area contributed by atoms with Crippen LogP contribution in [0.3, 0.4) is 0 Å². The second-order valence-electron chi connectivity index (χ2n) is 7.18. The lowest BCUT2D eigenvalue weighted by atomic mass is 9.99. The van der Waals surface area contributed by atoms with E-state index in [0.29, 0.717) is 12.8 Å². The van der Waals surface area contributed by atoms with Crippen LogP contribution in [-0.2, 0) is 27.9 Å². The number of amides is 2. The molecule has 1 aromatic rings. The van der Waals surface area contributed by atoms with Gasteiger partial charge >= 0.3 is 5.97 Å². The van der Waals surface area contributed by atoms with Crippen LogP contribution in [0, 0.1) is 25.7 Å². The van der Waals surface area contributed by atoms with Crippen molar-refractivity contribution in [2.75, 3.05) is 6.54 Å². The van der Waals surface area contributed by atoms with E-state index >= 15 is 0 Å². The molecule has 0 saturated carbocycles. The van der Waals surface area contributed by atoms with Gasteiger partial charge in [0, 0.05) is 18.7 Å². The Balaban J connectivity index is 2.54. The number of aliphatic carboxylic acids is 1. The van der Waals surface area contributed by atoms with Crippen LogP contribution in [-0.4, -0.2) is 45.3 Å². The first-order valence-electron chi connectivity index (χ1n) is 8.81. The van der Waals surface area contributed by atoms with Gasteiger partial charge in [-0.3, -0.25) is 14.3 Å². The van der Waals surface area contributed by atoms with E-state index in [9.17, 15) is 14.4 Å². The predicted octanol–water partition coefficient (Wildman–Crippen LogP) is 0.947. The predicted molar refractivity (Wildman–Crippen MR) is 97.6 cm³/mol. The Bertz CT molecular complexity index is 666. The third-order valence-corrected chi connectivity index (χ3v) is 4.38. The van der Waals surface area contributed by atoms with Crippen molar-refractivity contribution in [1.82, 2.24) is 20.4 Å². The monoisotopic (exact) mass is 366 g/mol. The summed E-state index contributed by atoms with van der Waals surface area (Å²) < 4.78 is 1.78. The summed E-state index contributed by atoms with van der Waals surface area (Å²) >= 11 is 0. The fraction of sp³-hybridized carbons (Fsp3) is 0.667. The third kappa shape index (κ3) is 6.16. The number of carbonyl (C=O) groups is 3. The minimum Gasteiger partial charge on any atom is -0.480 e. The van der Waals surface area contributed by atoms with Gasteiger partial charge in [-0.05, 0) is 38.2 Å². The molecule has 1 heterocycles. The standard InChI is InChI=1S/C18H30N4O4/c1-10(2)7-15(18(25)26)20-16(23)9-19-17(24)11(3)8-14-12(4)21-22(6)13(14)5/h10-11,15H,7-9H2,1-6H3,(H,19,24)(H,20,23)(H,25,26)/t11?,15-/m0/s1. The third-order valence-electron chi connectivity index (χ3n) is 4.38. The second kappa shape index (κ2) is 9.35. The van der Waals surface area contributed by atoms with Crippen LogP contribution in [0.1, 0.15) is 44.1 Å². The normalized spacial score (nSPS) is 13.3. The molecule has 0 fully saturated rings. The second-order valence-corrected chi connectivity index (χ2v) is 7.18. The quantitative estimate of drug-likeness (QED) is 0.602. The van der Waals surface area contributed by atoms with E-state index in [-0.39, 0.29) is 24.3 Å². The van der Waals surface area contributed by atoms with Crippen molar-refractivity contribution in [3.8, 4) is 0 Å². The molecule has 2 atom stereocenters. The molecule has 26 heavy (non-hydrogen) atoms. The zero-order valence-corrected chi connectivity index (χ0v) is 16.4. The van der Waals surface area contributed by atoms with Gasteiger partial charge in [0.1, 0.15) is 6.04 Å². The van der Waals surface area contributed by atoms with Gasteiger partial charge in [-0.25, -0.2) is 4.79 Å². The minimum atomic E-state index is -1.07. The summed E-state index contributed by atoms with van der Waals surface area (Å²) in [6.07, 6.45) is 0.870. The smallest absolute Gasteiger partial charge is 0.326 e. The van der Waals surface area contributed by atoms with Gasteiger partial charge in [-0.1, -0.05) is 20.8 Å². The molecule has 8 nitrogen and oxygen atoms in total. The number of hydrogen-bond acceptors (Lipinski definition) is 4. The summed E-state index contributed by atoms with van der Waals surface area (Å²) in [5.74, 6) is -2.02. The number of nitrogens with zero attached hydrogens (tertiary/aromatic N) is 2. The summed E-state index contributed by atoms with van der Waals surface area (Å²) in [5.41, 5.74) is 2.93. The molecule has 0 aliphatic carbocycles. The lowest BCUT2D eigenvalue weighted by Crippen LogP contribution is -2.46. The average Bonchev–Trinajstić information content (AvgIpc) is 2.77. The van der Waals surface area contributed by atoms with Crippen molar-refractivity contribution in [3.05, 3.63) is 17.0 Å². The zero-order chi connectivity index (χ0) is 20.0. The molecule has 0 aromatic carbocycles. The summed E-state index contributed by atoms with van der Waals surface area (Å²) in [4.78, 5) is 35.4. The van der Waals surface area contributed by atoms with Gasteiger partial charge in [0.25, 0.3) is 0 Å². The Labute approximate surface area is 154 Å². The number of aromatic nitrogens is 2. The molecule has 0 spiro atoms. The SMILES string of the molecule is Cc1nn(C)c(C)c1CC(C)C(=O)NCC(=O)N[C@@H](CC(C)C)C(=O)O. The molecule has 0 aliphatic rings. The lowest BCUT2D eigenvalue weighted by molar-refractivity contribution is -0.142. The van der Waals surface area contributed by atoms with Crippen molar-refractivity contribution >= 4 is 17.8 Å². The number of carboxylic acids is 1. The maximum Gasteiger partial charge on any atom is 0.326 e. The first kappa shape index (κ1) is 21.7. The maximum absolute atomic E-state index is 12.2. The van der Waals surface area contributed by atoms with Crippen LogP contribution in [0.2, 0.25) is 0 Å². The van der Waals surface area contributed by atoms with Crippen molar-refractivity contribution in [2.45, 2.75) is 53.5 Å². The van der Waals surface area contributed by atoms with Crippen LogP contribution < -0.4 is 10.6 Å². The largest absolute Gasteiger partial charge is 0.480 e. The average molecular weight is 366 g/mol. The Kier molecular flexibility index (Phi) is 7.79. The molecule has 0 saturated heterocycles. The topological polar surface area (TPSA) is 113 Å². The number of rotatable bonds is 9. The van der Waals surface area contributed by atoms with Crippen molar-refractivity contribution in [2.24, 2.45) is 18.9 Å². The highest BCUT2D eigenvalue weighted by Crippen LogP contribution is 2.16. The number of carboxylic acid groups (broad SMARTS) is 1. The van der Waals surface area contributed by atoms with E-state index in [1.54, 1.807) is 11.6 Å². The van der Waals surface area contributed by atoms with E-state index < -0.39 is 17.9 Å². The van der Waals surface area contributed by atoms with Gasteiger partial charge in [0.2, 0.25) is 11.8 Å². The maximum atomic E-state index is 12.2. The van der Waals surface area contributed by atoms with Gasteiger partial charge < -0.3 is 15.7 Å². The number of nitrogens with one attached hydrogen (secondary N) is 2. The first-order chi connectivity index (χ1) is 12.0. The number of hydrogen-bond donors (Lipinski definition) is 3. The van der Waals surface area contributed by atoms with Gasteiger partial charge in [-0.15, -0.1) is 0 Å². The molecule has 2 amide bonds. The number of carbonyl (C=O) groups excluding carboxylic acids is 2. The molecular weight excluding hydrogens is 336 g/mol. The Morgan fingerprint density at radius 3 is 2.27 bits per heavy atom. The molecule has 1 unspecified atom stereocenters. The zero-order valence-electron chi connectivity index (χ0n) is 16.4. The molecule has 0 radical (unpaired) electrons. The molecule has 146 valence electrons. The van der Waals surface area contributed by atoms with Crippen molar-refractivity contribution in [3.63, 3.8) is 0 Å². The first-order valence-corrected chi connectivity index (χ1v) is 8.81. The minimum absolute atomic E-state index is 0.136. The highest BCUT2D eigenvalue weighted by atomic mass is 16.4. The highest BCUT2D eigenvalue weighted by Gasteiger charge is 2.22. The molecule has 0 aliphatic heterocycles. The van der Waals surface area contributed by atoms with Gasteiger partial charge in [-0.2, -0.15) is 5.10 Å². The Hall–Kier alpha value is -2.38. The molecule has 8 heteroatoms. The lowest BCUT2D eigenvalue weighted by Gasteiger charge is -2.17. The van der Waals surface area contributed by atoms with Gasteiger partial charge in [0.15, 0.2) is 0 Å². The highest BCUT2D eigenvalue weighted by molar-refractivity contribution is 5.88. The number of aryl methyl sites for hydroxylation is 2. The fourth-order valence-corrected chi connectivity index (χ4v) is 2.79. The van der Waals surface area contributed by atoms with Gasteiger partial charge in [0.05, 0.1) is 12.2 Å². The van der Waals surface area contributed by atoms with Crippen LogP contribution in [0.4, 0.5) is 0 Å². The molecule has 0 bridgehead atoms. The summed E-state index contributed by atoms with van der Waals surface area (Å²) in [5, 5.41) is 18.5. The van der Waals surface area contributed by atoms with E-state index in [4.69, 9.17) is 5.11 Å². The van der Waals surface area contributed by atoms with E-state index in [1.807, 2.05) is 34.7 Å². The van der Waals surface area contributed by atoms with Crippen molar-refractivity contribution < 1.29 is 19.5 Å². The molecule has 1 aromatic heterocycles.